The van der Waals surface area contributed by atoms with Gasteiger partial charge in [-0.2, -0.15) is 5.10 Å². The Balaban J connectivity index is 0.00000133. The first kappa shape index (κ1) is 24.1. The lowest BCUT2D eigenvalue weighted by atomic mass is 10.0. The molecule has 6 nitrogen and oxygen atoms in total. The number of aliphatic hydroxyl groups excluding tert-OH is 1. The second kappa shape index (κ2) is 11.4. The summed E-state index contributed by atoms with van der Waals surface area (Å²) in [5, 5.41) is 14.4. The van der Waals surface area contributed by atoms with Gasteiger partial charge in [0.15, 0.2) is 5.65 Å². The summed E-state index contributed by atoms with van der Waals surface area (Å²) in [6, 6.07) is 16.6. The van der Waals surface area contributed by atoms with E-state index in [4.69, 9.17) is 9.72 Å². The number of aliphatic hydroxyl groups is 1. The van der Waals surface area contributed by atoms with Gasteiger partial charge in [-0.25, -0.2) is 9.50 Å². The van der Waals surface area contributed by atoms with E-state index in [1.165, 1.54) is 5.56 Å². The Hall–Kier alpha value is -3.06. The van der Waals surface area contributed by atoms with Crippen LogP contribution in [0.2, 0.25) is 0 Å². The molecule has 0 bridgehead atoms. The van der Waals surface area contributed by atoms with Crippen molar-refractivity contribution in [3.05, 3.63) is 78.2 Å². The lowest BCUT2D eigenvalue weighted by Gasteiger charge is -2.26. The van der Waals surface area contributed by atoms with E-state index < -0.39 is 6.10 Å². The summed E-state index contributed by atoms with van der Waals surface area (Å²) in [4.78, 5) is 7.17. The molecule has 1 fully saturated rings. The Labute approximate surface area is 201 Å². The Morgan fingerprint density at radius 1 is 0.971 bits per heavy atom. The maximum absolute atomic E-state index is 9.90. The van der Waals surface area contributed by atoms with Gasteiger partial charge in [0.2, 0.25) is 0 Å². The normalized spacial score (nSPS) is 15.1. The van der Waals surface area contributed by atoms with Crippen molar-refractivity contribution in [1.82, 2.24) is 19.5 Å². The lowest BCUT2D eigenvalue weighted by molar-refractivity contribution is 0.0384. The van der Waals surface area contributed by atoms with Crippen LogP contribution in [-0.2, 0) is 11.2 Å². The van der Waals surface area contributed by atoms with Crippen molar-refractivity contribution in [1.29, 1.82) is 0 Å². The molecular weight excluding hydrogens is 424 g/mol. The van der Waals surface area contributed by atoms with Gasteiger partial charge in [-0.1, -0.05) is 56.3 Å². The smallest absolute Gasteiger partial charge is 0.162 e. The van der Waals surface area contributed by atoms with Crippen LogP contribution < -0.4 is 0 Å². The van der Waals surface area contributed by atoms with Gasteiger partial charge in [0.1, 0.15) is 0 Å². The fourth-order valence-electron chi connectivity index (χ4n) is 4.17. The van der Waals surface area contributed by atoms with Crippen LogP contribution in [-0.4, -0.2) is 57.5 Å². The molecule has 4 aromatic rings. The van der Waals surface area contributed by atoms with Crippen molar-refractivity contribution in [2.45, 2.75) is 33.3 Å². The van der Waals surface area contributed by atoms with Crippen LogP contribution >= 0.6 is 0 Å². The summed E-state index contributed by atoms with van der Waals surface area (Å²) in [5.41, 5.74) is 7.15. The third-order valence-electron chi connectivity index (χ3n) is 6.14. The number of hydrogen-bond donors (Lipinski definition) is 1. The summed E-state index contributed by atoms with van der Waals surface area (Å²) < 4.78 is 7.25. The molecule has 2 aromatic carbocycles. The summed E-state index contributed by atoms with van der Waals surface area (Å²) in [7, 11) is 0. The molecule has 1 aliphatic rings. The summed E-state index contributed by atoms with van der Waals surface area (Å²) in [5.74, 6) is 0. The van der Waals surface area contributed by atoms with Gasteiger partial charge in [-0.15, -0.1) is 0 Å². The Morgan fingerprint density at radius 2 is 1.74 bits per heavy atom. The number of fused-ring (bicyclic) bond motifs is 1. The summed E-state index contributed by atoms with van der Waals surface area (Å²) in [6.45, 7) is 10.6. The highest BCUT2D eigenvalue weighted by Gasteiger charge is 2.12. The first-order valence-corrected chi connectivity index (χ1v) is 12.2. The number of benzene rings is 2. The van der Waals surface area contributed by atoms with Crippen molar-refractivity contribution in [2.75, 3.05) is 32.8 Å². The zero-order valence-electron chi connectivity index (χ0n) is 20.3. The van der Waals surface area contributed by atoms with Crippen LogP contribution in [0.15, 0.2) is 67.1 Å². The molecule has 6 heteroatoms. The maximum atomic E-state index is 9.90. The standard InChI is InChI=1S/C26H28N4O2.C2H6/c1-19(31)22-3-2-4-23(15-22)25-17-28-30-18-24(16-27-26(25)30)21-7-5-20(6-8-21)9-10-29-11-13-32-14-12-29;1-2/h2-8,15-19,31H,9-14H2,1H3;1-2H3. The van der Waals surface area contributed by atoms with Gasteiger partial charge in [0, 0.05) is 43.2 Å². The first-order valence-electron chi connectivity index (χ1n) is 12.2. The number of morpholine rings is 1. The zero-order chi connectivity index (χ0) is 23.9. The number of hydrogen-bond acceptors (Lipinski definition) is 5. The third-order valence-corrected chi connectivity index (χ3v) is 6.14. The molecule has 0 spiro atoms. The molecule has 0 radical (unpaired) electrons. The molecule has 1 N–H and O–H groups in total. The van der Waals surface area contributed by atoms with Crippen molar-refractivity contribution in [2.24, 2.45) is 0 Å². The van der Waals surface area contributed by atoms with E-state index in [0.29, 0.717) is 0 Å². The minimum Gasteiger partial charge on any atom is -0.389 e. The molecule has 3 heterocycles. The third kappa shape index (κ3) is 5.53. The van der Waals surface area contributed by atoms with Gasteiger partial charge in [-0.05, 0) is 41.7 Å². The van der Waals surface area contributed by atoms with Gasteiger partial charge >= 0.3 is 0 Å². The Kier molecular flexibility index (Phi) is 8.06. The van der Waals surface area contributed by atoms with Crippen molar-refractivity contribution >= 4 is 5.65 Å². The van der Waals surface area contributed by atoms with Gasteiger partial charge in [0.25, 0.3) is 0 Å². The quantitative estimate of drug-likeness (QED) is 0.440. The molecule has 1 aliphatic heterocycles. The Bertz CT molecular complexity index is 1190. The highest BCUT2D eigenvalue weighted by Crippen LogP contribution is 2.27. The minimum absolute atomic E-state index is 0.506. The highest BCUT2D eigenvalue weighted by atomic mass is 16.5. The SMILES string of the molecule is CC.CC(O)c1cccc(-c2cnn3cc(-c4ccc(CCN5CCOCC5)cc4)cnc23)c1. The fraction of sp³-hybridized carbons (Fsp3) is 0.357. The molecular formula is C28H34N4O2. The van der Waals surface area contributed by atoms with Crippen LogP contribution in [0.3, 0.4) is 0 Å². The van der Waals surface area contributed by atoms with Gasteiger partial charge < -0.3 is 9.84 Å². The molecule has 2 aromatic heterocycles. The molecule has 0 amide bonds. The highest BCUT2D eigenvalue weighted by molar-refractivity contribution is 5.78. The van der Waals surface area contributed by atoms with Crippen LogP contribution in [0.5, 0.6) is 0 Å². The molecule has 1 saturated heterocycles. The monoisotopic (exact) mass is 458 g/mol. The maximum Gasteiger partial charge on any atom is 0.162 e. The molecule has 178 valence electrons. The fourth-order valence-corrected chi connectivity index (χ4v) is 4.17. The summed E-state index contributed by atoms with van der Waals surface area (Å²) >= 11 is 0. The lowest BCUT2D eigenvalue weighted by Crippen LogP contribution is -2.37. The van der Waals surface area contributed by atoms with Crippen molar-refractivity contribution in [3.63, 3.8) is 0 Å². The van der Waals surface area contributed by atoms with E-state index in [9.17, 15) is 5.11 Å². The van der Waals surface area contributed by atoms with Gasteiger partial charge in [-0.3, -0.25) is 4.90 Å². The van der Waals surface area contributed by atoms with E-state index in [2.05, 4.69) is 34.3 Å². The van der Waals surface area contributed by atoms with E-state index in [0.717, 1.165) is 72.7 Å². The van der Waals surface area contributed by atoms with Crippen LogP contribution in [0.4, 0.5) is 0 Å². The van der Waals surface area contributed by atoms with Crippen molar-refractivity contribution in [3.8, 4) is 22.3 Å². The molecule has 1 atom stereocenters. The largest absolute Gasteiger partial charge is 0.389 e. The van der Waals surface area contributed by atoms with E-state index in [1.807, 2.05) is 61.2 Å². The summed E-state index contributed by atoms with van der Waals surface area (Å²) in [6.07, 6.45) is 6.30. The number of rotatable bonds is 6. The zero-order valence-corrected chi connectivity index (χ0v) is 20.3. The molecule has 0 aliphatic carbocycles. The minimum atomic E-state index is -0.506. The van der Waals surface area contributed by atoms with Crippen LogP contribution in [0, 0.1) is 0 Å². The second-order valence-electron chi connectivity index (χ2n) is 8.37. The molecule has 34 heavy (non-hydrogen) atoms. The van der Waals surface area contributed by atoms with Crippen LogP contribution in [0.1, 0.15) is 38.0 Å². The van der Waals surface area contributed by atoms with Gasteiger partial charge in [0.05, 0.1) is 25.5 Å². The van der Waals surface area contributed by atoms with Crippen molar-refractivity contribution < 1.29 is 9.84 Å². The topological polar surface area (TPSA) is 62.9 Å². The Morgan fingerprint density at radius 3 is 2.47 bits per heavy atom. The van der Waals surface area contributed by atoms with Crippen LogP contribution in [0.25, 0.3) is 27.9 Å². The molecule has 1 unspecified atom stereocenters. The number of aromatic nitrogens is 3. The number of nitrogens with zero attached hydrogens (tertiary/aromatic N) is 4. The van der Waals surface area contributed by atoms with E-state index in [-0.39, 0.29) is 0 Å². The first-order chi connectivity index (χ1) is 16.7. The predicted octanol–water partition coefficient (Wildman–Crippen LogP) is 5.02. The van der Waals surface area contributed by atoms with E-state index >= 15 is 0 Å². The average Bonchev–Trinajstić information content (AvgIpc) is 3.33. The predicted molar refractivity (Wildman–Crippen MR) is 137 cm³/mol. The second-order valence-corrected chi connectivity index (χ2v) is 8.37. The average molecular weight is 459 g/mol. The molecule has 0 saturated carbocycles. The number of ether oxygens (including phenoxy) is 1. The molecule has 5 rings (SSSR count). The van der Waals surface area contributed by atoms with E-state index in [1.54, 1.807) is 6.92 Å².